The third-order valence-electron chi connectivity index (χ3n) is 3.41. The van der Waals surface area contributed by atoms with Gasteiger partial charge in [0.2, 0.25) is 0 Å². The van der Waals surface area contributed by atoms with Crippen LogP contribution in [-0.4, -0.2) is 23.7 Å². The molecule has 1 aromatic carbocycles. The molecule has 0 saturated heterocycles. The van der Waals surface area contributed by atoms with E-state index in [-0.39, 0.29) is 24.5 Å². The zero-order valence-corrected chi connectivity index (χ0v) is 13.7. The highest BCUT2D eigenvalue weighted by Crippen LogP contribution is 2.38. The van der Waals surface area contributed by atoms with Crippen LogP contribution in [0.15, 0.2) is 22.7 Å². The van der Waals surface area contributed by atoms with Crippen molar-refractivity contribution in [3.05, 3.63) is 27.5 Å². The first-order valence-corrected chi connectivity index (χ1v) is 7.94. The van der Waals surface area contributed by atoms with Crippen molar-refractivity contribution in [3.8, 4) is 0 Å². The maximum absolute atomic E-state index is 12.3. The highest BCUT2D eigenvalue weighted by Gasteiger charge is 2.21. The predicted octanol–water partition coefficient (Wildman–Crippen LogP) is 2.99. The molecule has 6 heteroatoms. The number of fused-ring (bicyclic) bond motifs is 1. The molecule has 108 valence electrons. The molecular formula is C14H17BrN2O2S. The number of amides is 1. The molecular weight excluding hydrogens is 340 g/mol. The summed E-state index contributed by atoms with van der Waals surface area (Å²) in [7, 11) is 0. The van der Waals surface area contributed by atoms with Crippen LogP contribution in [-0.2, 0) is 0 Å². The number of aliphatic hydroxyl groups excluding tert-OH is 1. The average Bonchev–Trinajstić information content (AvgIpc) is 2.76. The monoisotopic (exact) mass is 356 g/mol. The lowest BCUT2D eigenvalue weighted by atomic mass is 10.1. The maximum Gasteiger partial charge on any atom is 0.263 e. The van der Waals surface area contributed by atoms with Crippen molar-refractivity contribution in [1.82, 2.24) is 5.32 Å². The van der Waals surface area contributed by atoms with Crippen LogP contribution in [0, 0.1) is 5.92 Å². The second-order valence-corrected chi connectivity index (χ2v) is 6.79. The SMILES string of the molecule is CC(CO)C(C)NC(=O)c1sc2cccc(Br)c2c1N. The fraction of sp³-hybridized carbons (Fsp3) is 0.357. The predicted molar refractivity (Wildman–Crippen MR) is 87.1 cm³/mol. The molecule has 0 aliphatic carbocycles. The summed E-state index contributed by atoms with van der Waals surface area (Å²) in [6.07, 6.45) is 0. The van der Waals surface area contributed by atoms with Gasteiger partial charge in [-0.05, 0) is 25.0 Å². The quantitative estimate of drug-likeness (QED) is 0.788. The molecule has 2 atom stereocenters. The number of rotatable bonds is 4. The number of nitrogens with one attached hydrogen (secondary N) is 1. The minimum Gasteiger partial charge on any atom is -0.397 e. The van der Waals surface area contributed by atoms with Gasteiger partial charge in [0.25, 0.3) is 5.91 Å². The Morgan fingerprint density at radius 3 is 2.80 bits per heavy atom. The summed E-state index contributed by atoms with van der Waals surface area (Å²) in [4.78, 5) is 12.8. The number of anilines is 1. The van der Waals surface area contributed by atoms with Gasteiger partial charge in [0.15, 0.2) is 0 Å². The van der Waals surface area contributed by atoms with E-state index in [2.05, 4.69) is 21.2 Å². The first-order valence-electron chi connectivity index (χ1n) is 6.34. The minimum atomic E-state index is -0.191. The first kappa shape index (κ1) is 15.3. The van der Waals surface area contributed by atoms with Crippen molar-refractivity contribution in [2.75, 3.05) is 12.3 Å². The number of carbonyl (C=O) groups excluding carboxylic acids is 1. The van der Waals surface area contributed by atoms with Crippen LogP contribution in [0.25, 0.3) is 10.1 Å². The third-order valence-corrected chi connectivity index (χ3v) is 5.24. The van der Waals surface area contributed by atoms with Crippen LogP contribution in [0.1, 0.15) is 23.5 Å². The number of nitrogen functional groups attached to an aromatic ring is 1. The zero-order chi connectivity index (χ0) is 14.9. The van der Waals surface area contributed by atoms with Gasteiger partial charge in [-0.1, -0.05) is 28.9 Å². The highest BCUT2D eigenvalue weighted by atomic mass is 79.9. The van der Waals surface area contributed by atoms with Crippen molar-refractivity contribution in [1.29, 1.82) is 0 Å². The number of nitrogens with two attached hydrogens (primary N) is 1. The van der Waals surface area contributed by atoms with Crippen LogP contribution in [0.3, 0.4) is 0 Å². The Labute approximate surface area is 130 Å². The Bertz CT molecular complexity index is 641. The Hall–Kier alpha value is -1.11. The molecule has 1 aromatic heterocycles. The lowest BCUT2D eigenvalue weighted by Crippen LogP contribution is -2.38. The summed E-state index contributed by atoms with van der Waals surface area (Å²) in [6.45, 7) is 3.79. The number of aliphatic hydroxyl groups is 1. The average molecular weight is 357 g/mol. The van der Waals surface area contributed by atoms with E-state index < -0.39 is 0 Å². The standard InChI is InChI=1S/C14H17BrN2O2S/c1-7(6-18)8(2)17-14(19)13-12(16)11-9(15)4-3-5-10(11)20-13/h3-5,7-8,18H,6,16H2,1-2H3,(H,17,19). The number of carbonyl (C=O) groups is 1. The van der Waals surface area contributed by atoms with E-state index in [1.165, 1.54) is 11.3 Å². The van der Waals surface area contributed by atoms with Gasteiger partial charge in [0.1, 0.15) is 4.88 Å². The van der Waals surface area contributed by atoms with Gasteiger partial charge in [0.05, 0.1) is 5.69 Å². The summed E-state index contributed by atoms with van der Waals surface area (Å²) in [5.41, 5.74) is 6.59. The molecule has 0 bridgehead atoms. The fourth-order valence-corrected chi connectivity index (χ4v) is 3.63. The Morgan fingerprint density at radius 2 is 2.20 bits per heavy atom. The molecule has 20 heavy (non-hydrogen) atoms. The third kappa shape index (κ3) is 2.82. The summed E-state index contributed by atoms with van der Waals surface area (Å²) in [5, 5.41) is 12.9. The smallest absolute Gasteiger partial charge is 0.263 e. The first-order chi connectivity index (χ1) is 9.45. The van der Waals surface area contributed by atoms with Gasteiger partial charge in [-0.3, -0.25) is 4.79 Å². The van der Waals surface area contributed by atoms with Crippen LogP contribution in [0.5, 0.6) is 0 Å². The molecule has 0 aliphatic heterocycles. The van der Waals surface area contributed by atoms with Crippen molar-refractivity contribution >= 4 is 48.9 Å². The van der Waals surface area contributed by atoms with Crippen molar-refractivity contribution < 1.29 is 9.90 Å². The van der Waals surface area contributed by atoms with Crippen LogP contribution >= 0.6 is 27.3 Å². The Morgan fingerprint density at radius 1 is 1.50 bits per heavy atom. The van der Waals surface area contributed by atoms with Crippen molar-refractivity contribution in [2.24, 2.45) is 5.92 Å². The second-order valence-electron chi connectivity index (χ2n) is 4.88. The summed E-state index contributed by atoms with van der Waals surface area (Å²) >= 11 is 4.84. The van der Waals surface area contributed by atoms with Gasteiger partial charge in [-0.2, -0.15) is 0 Å². The second kappa shape index (κ2) is 6.11. The molecule has 4 N–H and O–H groups in total. The Balaban J connectivity index is 2.32. The molecule has 4 nitrogen and oxygen atoms in total. The lowest BCUT2D eigenvalue weighted by molar-refractivity contribution is 0.0921. The van der Waals surface area contributed by atoms with Gasteiger partial charge >= 0.3 is 0 Å². The molecule has 0 fully saturated rings. The van der Waals surface area contributed by atoms with Gasteiger partial charge < -0.3 is 16.2 Å². The number of halogens is 1. The van der Waals surface area contributed by atoms with Gasteiger partial charge in [-0.25, -0.2) is 0 Å². The molecule has 0 radical (unpaired) electrons. The zero-order valence-electron chi connectivity index (χ0n) is 11.3. The van der Waals surface area contributed by atoms with Gasteiger partial charge in [0, 0.05) is 27.2 Å². The van der Waals surface area contributed by atoms with Gasteiger partial charge in [-0.15, -0.1) is 11.3 Å². The van der Waals surface area contributed by atoms with E-state index in [1.807, 2.05) is 32.0 Å². The highest BCUT2D eigenvalue weighted by molar-refractivity contribution is 9.10. The Kier molecular flexibility index (Phi) is 4.67. The van der Waals surface area contributed by atoms with E-state index in [1.54, 1.807) is 0 Å². The van der Waals surface area contributed by atoms with E-state index in [4.69, 9.17) is 10.8 Å². The maximum atomic E-state index is 12.3. The molecule has 2 unspecified atom stereocenters. The molecule has 0 saturated carbocycles. The number of thiophene rings is 1. The molecule has 2 aromatic rings. The van der Waals surface area contributed by atoms with Crippen LogP contribution in [0.4, 0.5) is 5.69 Å². The normalized spacial score (nSPS) is 14.2. The summed E-state index contributed by atoms with van der Waals surface area (Å²) in [6, 6.07) is 5.66. The van der Waals surface area contributed by atoms with E-state index in [0.717, 1.165) is 14.6 Å². The molecule has 1 amide bonds. The summed E-state index contributed by atoms with van der Waals surface area (Å²) in [5.74, 6) is -0.190. The lowest BCUT2D eigenvalue weighted by Gasteiger charge is -2.18. The number of hydrogen-bond donors (Lipinski definition) is 3. The van der Waals surface area contributed by atoms with Crippen LogP contribution in [0.2, 0.25) is 0 Å². The molecule has 2 rings (SSSR count). The number of benzene rings is 1. The molecule has 1 heterocycles. The topological polar surface area (TPSA) is 75.3 Å². The summed E-state index contributed by atoms with van der Waals surface area (Å²) < 4.78 is 1.87. The van der Waals surface area contributed by atoms with E-state index >= 15 is 0 Å². The largest absolute Gasteiger partial charge is 0.397 e. The minimum absolute atomic E-state index is 0.00119. The molecule has 0 spiro atoms. The molecule has 0 aliphatic rings. The number of hydrogen-bond acceptors (Lipinski definition) is 4. The van der Waals surface area contributed by atoms with E-state index in [0.29, 0.717) is 10.6 Å². The van der Waals surface area contributed by atoms with Crippen molar-refractivity contribution in [2.45, 2.75) is 19.9 Å². The van der Waals surface area contributed by atoms with Crippen LogP contribution < -0.4 is 11.1 Å². The van der Waals surface area contributed by atoms with Crippen molar-refractivity contribution in [3.63, 3.8) is 0 Å². The van der Waals surface area contributed by atoms with E-state index in [9.17, 15) is 4.79 Å². The fourth-order valence-electron chi connectivity index (χ4n) is 1.87.